The molecule has 0 saturated heterocycles. The van der Waals surface area contributed by atoms with E-state index in [0.29, 0.717) is 20.8 Å². The molecule has 4 rings (SSSR count). The van der Waals surface area contributed by atoms with Gasteiger partial charge in [0.25, 0.3) is 5.91 Å². The maximum absolute atomic E-state index is 14.0. The van der Waals surface area contributed by atoms with Crippen molar-refractivity contribution in [2.45, 2.75) is 13.3 Å². The number of methoxy groups -OCH3 is 1. The van der Waals surface area contributed by atoms with E-state index in [-0.39, 0.29) is 24.8 Å². The Kier molecular flexibility index (Phi) is 6.95. The van der Waals surface area contributed by atoms with Gasteiger partial charge in [-0.05, 0) is 58.4 Å². The van der Waals surface area contributed by atoms with Crippen molar-refractivity contribution in [2.24, 2.45) is 0 Å². The minimum atomic E-state index is -0.451. The molecule has 0 aliphatic carbocycles. The van der Waals surface area contributed by atoms with E-state index >= 15 is 0 Å². The Morgan fingerprint density at radius 2 is 1.88 bits per heavy atom. The predicted molar refractivity (Wildman–Crippen MR) is 124 cm³/mol. The second-order valence-electron chi connectivity index (χ2n) is 6.87. The molecule has 2 aromatic carbocycles. The van der Waals surface area contributed by atoms with E-state index in [2.05, 4.69) is 31.4 Å². The maximum atomic E-state index is 14.0. The third-order valence-electron chi connectivity index (χ3n) is 4.63. The lowest BCUT2D eigenvalue weighted by molar-refractivity contribution is 0.101. The molecule has 0 bridgehead atoms. The largest absolute Gasteiger partial charge is 0.497 e. The van der Waals surface area contributed by atoms with Crippen LogP contribution in [0.15, 0.2) is 65.4 Å². The average Bonchev–Trinajstić information content (AvgIpc) is 3.42. The second kappa shape index (κ2) is 10.1. The topological polar surface area (TPSA) is 83.2 Å². The number of amides is 1. The molecule has 0 aliphatic heterocycles. The Morgan fingerprint density at radius 1 is 1.12 bits per heavy atom. The highest BCUT2D eigenvalue weighted by atomic mass is 79.9. The van der Waals surface area contributed by atoms with Gasteiger partial charge in [-0.25, -0.2) is 9.07 Å². The quantitative estimate of drug-likeness (QED) is 0.345. The lowest BCUT2D eigenvalue weighted by Crippen LogP contribution is -2.15. The molecule has 4 aromatic rings. The SMILES string of the molecule is COc1ccc(OCn2ccc(C(=O)Nc3nn(Cc4c(F)cccc4Cl)cc3Br)n2)cc1. The number of carbonyl (C=O) groups is 1. The Labute approximate surface area is 202 Å². The fourth-order valence-corrected chi connectivity index (χ4v) is 3.58. The summed E-state index contributed by atoms with van der Waals surface area (Å²) in [6.45, 7) is 0.235. The van der Waals surface area contributed by atoms with Gasteiger partial charge in [-0.1, -0.05) is 17.7 Å². The van der Waals surface area contributed by atoms with E-state index in [1.54, 1.807) is 55.9 Å². The summed E-state index contributed by atoms with van der Waals surface area (Å²) in [5.41, 5.74) is 0.495. The Morgan fingerprint density at radius 3 is 2.61 bits per heavy atom. The number of nitrogens with one attached hydrogen (secondary N) is 1. The normalized spacial score (nSPS) is 10.8. The zero-order valence-corrected chi connectivity index (χ0v) is 19.7. The first-order valence-electron chi connectivity index (χ1n) is 9.70. The van der Waals surface area contributed by atoms with Crippen LogP contribution in [0.25, 0.3) is 0 Å². The molecule has 170 valence electrons. The molecule has 1 amide bonds. The van der Waals surface area contributed by atoms with Crippen molar-refractivity contribution in [3.63, 3.8) is 0 Å². The van der Waals surface area contributed by atoms with Crippen LogP contribution in [0.4, 0.5) is 10.2 Å². The third-order valence-corrected chi connectivity index (χ3v) is 5.56. The summed E-state index contributed by atoms with van der Waals surface area (Å²) in [4.78, 5) is 12.6. The van der Waals surface area contributed by atoms with Crippen molar-refractivity contribution in [2.75, 3.05) is 12.4 Å². The number of hydrogen-bond acceptors (Lipinski definition) is 5. The molecule has 2 heterocycles. The second-order valence-corrected chi connectivity index (χ2v) is 8.13. The number of halogens is 3. The first kappa shape index (κ1) is 22.8. The molecule has 0 fully saturated rings. The standard InChI is InChI=1S/C22H18BrClFN5O3/c1-32-14-5-7-15(8-6-14)33-13-29-10-9-20(27-29)22(31)26-21-17(23)12-30(28-21)11-16-18(24)3-2-4-19(16)25/h2-10,12H,11,13H2,1H3,(H,26,28,31). The van der Waals surface area contributed by atoms with Crippen LogP contribution in [0.2, 0.25) is 5.02 Å². The molecule has 11 heteroatoms. The smallest absolute Gasteiger partial charge is 0.277 e. The minimum Gasteiger partial charge on any atom is -0.497 e. The molecule has 0 spiro atoms. The van der Waals surface area contributed by atoms with Crippen molar-refractivity contribution >= 4 is 39.3 Å². The van der Waals surface area contributed by atoms with Gasteiger partial charge in [-0.15, -0.1) is 0 Å². The zero-order chi connectivity index (χ0) is 23.4. The summed E-state index contributed by atoms with van der Waals surface area (Å²) in [6, 6.07) is 13.2. The number of carbonyl (C=O) groups excluding carboxylic acids is 1. The van der Waals surface area contributed by atoms with Crippen LogP contribution in [-0.2, 0) is 13.3 Å². The van der Waals surface area contributed by atoms with Crippen molar-refractivity contribution in [3.05, 3.63) is 87.5 Å². The van der Waals surface area contributed by atoms with E-state index in [4.69, 9.17) is 21.1 Å². The zero-order valence-electron chi connectivity index (χ0n) is 17.3. The highest BCUT2D eigenvalue weighted by Crippen LogP contribution is 2.24. The average molecular weight is 535 g/mol. The number of anilines is 1. The Hall–Kier alpha value is -3.37. The summed E-state index contributed by atoms with van der Waals surface area (Å²) in [5.74, 6) is 0.763. The van der Waals surface area contributed by atoms with Gasteiger partial charge < -0.3 is 14.8 Å². The molecule has 8 nitrogen and oxygen atoms in total. The molecule has 0 aliphatic rings. The summed E-state index contributed by atoms with van der Waals surface area (Å²) in [7, 11) is 1.59. The Bertz CT molecular complexity index is 1260. The number of hydrogen-bond donors (Lipinski definition) is 1. The summed E-state index contributed by atoms with van der Waals surface area (Å²) in [6.07, 6.45) is 3.26. The number of rotatable bonds is 8. The summed E-state index contributed by atoms with van der Waals surface area (Å²) < 4.78 is 28.3. The van der Waals surface area contributed by atoms with E-state index < -0.39 is 11.7 Å². The van der Waals surface area contributed by atoms with E-state index in [1.807, 2.05) is 0 Å². The number of aromatic nitrogens is 4. The van der Waals surface area contributed by atoms with Crippen molar-refractivity contribution in [3.8, 4) is 11.5 Å². The fourth-order valence-electron chi connectivity index (χ4n) is 2.95. The van der Waals surface area contributed by atoms with Gasteiger partial charge in [0.2, 0.25) is 0 Å². The fraction of sp³-hybridized carbons (Fsp3) is 0.136. The van der Waals surface area contributed by atoms with Crippen molar-refractivity contribution < 1.29 is 18.7 Å². The Balaban J connectivity index is 1.38. The number of benzene rings is 2. The van der Waals surface area contributed by atoms with E-state index in [1.165, 1.54) is 21.5 Å². The molecular weight excluding hydrogens is 517 g/mol. The predicted octanol–water partition coefficient (Wildman–Crippen LogP) is 4.98. The number of ether oxygens (including phenoxy) is 2. The summed E-state index contributed by atoms with van der Waals surface area (Å²) in [5, 5.41) is 11.5. The lowest BCUT2D eigenvalue weighted by atomic mass is 10.2. The molecule has 0 unspecified atom stereocenters. The van der Waals surface area contributed by atoms with Crippen LogP contribution >= 0.6 is 27.5 Å². The van der Waals surface area contributed by atoms with Crippen LogP contribution in [0.1, 0.15) is 16.1 Å². The molecule has 33 heavy (non-hydrogen) atoms. The van der Waals surface area contributed by atoms with Crippen LogP contribution in [-0.4, -0.2) is 32.6 Å². The molecule has 0 saturated carbocycles. The maximum Gasteiger partial charge on any atom is 0.277 e. The van der Waals surface area contributed by atoms with Crippen molar-refractivity contribution in [1.29, 1.82) is 0 Å². The van der Waals surface area contributed by atoms with Crippen LogP contribution in [0, 0.1) is 5.82 Å². The van der Waals surface area contributed by atoms with Crippen LogP contribution in [0.3, 0.4) is 0 Å². The van der Waals surface area contributed by atoms with Crippen molar-refractivity contribution in [1.82, 2.24) is 19.6 Å². The van der Waals surface area contributed by atoms with Gasteiger partial charge in [0.15, 0.2) is 18.2 Å². The monoisotopic (exact) mass is 533 g/mol. The molecule has 0 radical (unpaired) electrons. The molecular formula is C22H18BrClFN5O3. The van der Waals surface area contributed by atoms with Gasteiger partial charge in [0.1, 0.15) is 17.3 Å². The van der Waals surface area contributed by atoms with Gasteiger partial charge in [-0.2, -0.15) is 10.2 Å². The highest BCUT2D eigenvalue weighted by Gasteiger charge is 2.16. The molecule has 2 aromatic heterocycles. The van der Waals surface area contributed by atoms with Gasteiger partial charge in [0, 0.05) is 23.0 Å². The first-order valence-corrected chi connectivity index (χ1v) is 10.9. The van der Waals surface area contributed by atoms with Crippen LogP contribution in [0.5, 0.6) is 11.5 Å². The van der Waals surface area contributed by atoms with E-state index in [9.17, 15) is 9.18 Å². The minimum absolute atomic E-state index is 0.108. The van der Waals surface area contributed by atoms with E-state index in [0.717, 1.165) is 5.75 Å². The highest BCUT2D eigenvalue weighted by molar-refractivity contribution is 9.10. The molecule has 1 N–H and O–H groups in total. The molecule has 0 atom stereocenters. The van der Waals surface area contributed by atoms with Crippen LogP contribution < -0.4 is 14.8 Å². The van der Waals surface area contributed by atoms with Gasteiger partial charge in [-0.3, -0.25) is 9.48 Å². The first-order chi connectivity index (χ1) is 15.9. The third kappa shape index (κ3) is 5.52. The number of nitrogens with zero attached hydrogens (tertiary/aromatic N) is 4. The van der Waals surface area contributed by atoms with Gasteiger partial charge >= 0.3 is 0 Å². The van der Waals surface area contributed by atoms with Gasteiger partial charge in [0.05, 0.1) is 18.1 Å². The summed E-state index contributed by atoms with van der Waals surface area (Å²) >= 11 is 9.44. The lowest BCUT2D eigenvalue weighted by Gasteiger charge is -2.07.